The number of hydrogen-bond donors (Lipinski definition) is 1. The minimum Gasteiger partial charge on any atom is -0.495 e. The second-order valence-electron chi connectivity index (χ2n) is 5.58. The Morgan fingerprint density at radius 1 is 1.43 bits per heavy atom. The van der Waals surface area contributed by atoms with Gasteiger partial charge in [0.25, 0.3) is 0 Å². The summed E-state index contributed by atoms with van der Waals surface area (Å²) in [5.74, 6) is 0.783. The van der Waals surface area contributed by atoms with Crippen LogP contribution in [0.4, 0.5) is 0 Å². The van der Waals surface area contributed by atoms with Gasteiger partial charge in [-0.05, 0) is 57.0 Å². The van der Waals surface area contributed by atoms with Gasteiger partial charge in [0.1, 0.15) is 10.6 Å². The van der Waals surface area contributed by atoms with Crippen LogP contribution in [0.1, 0.15) is 18.4 Å². The molecule has 1 aliphatic heterocycles. The van der Waals surface area contributed by atoms with Crippen molar-refractivity contribution in [3.63, 3.8) is 0 Å². The van der Waals surface area contributed by atoms with E-state index < -0.39 is 10.0 Å². The number of sulfonamides is 1. The Morgan fingerprint density at radius 3 is 2.86 bits per heavy atom. The third-order valence-corrected chi connectivity index (χ3v) is 5.80. The van der Waals surface area contributed by atoms with Crippen LogP contribution in [0.5, 0.6) is 5.75 Å². The van der Waals surface area contributed by atoms with Gasteiger partial charge < -0.3 is 10.1 Å². The SMILES string of the molecule is CNC[C@H]1CCCN(S(=O)(=O)c2cc(C)ccc2OC)C1. The molecule has 6 heteroatoms. The molecule has 21 heavy (non-hydrogen) atoms. The number of ether oxygens (including phenoxy) is 1. The average Bonchev–Trinajstić information content (AvgIpc) is 2.48. The lowest BCUT2D eigenvalue weighted by Crippen LogP contribution is -2.42. The first-order chi connectivity index (χ1) is 9.98. The van der Waals surface area contributed by atoms with Crippen LogP contribution in [-0.2, 0) is 10.0 Å². The number of nitrogens with zero attached hydrogens (tertiary/aromatic N) is 1. The highest BCUT2D eigenvalue weighted by Gasteiger charge is 2.32. The first kappa shape index (κ1) is 16.3. The van der Waals surface area contributed by atoms with Gasteiger partial charge in [0, 0.05) is 13.1 Å². The van der Waals surface area contributed by atoms with Gasteiger partial charge in [0.2, 0.25) is 10.0 Å². The molecule has 0 amide bonds. The summed E-state index contributed by atoms with van der Waals surface area (Å²) in [6.07, 6.45) is 1.97. The molecule has 0 aliphatic carbocycles. The predicted molar refractivity (Wildman–Crippen MR) is 83.1 cm³/mol. The molecule has 0 unspecified atom stereocenters. The lowest BCUT2D eigenvalue weighted by atomic mass is 10.00. The minimum absolute atomic E-state index is 0.273. The summed E-state index contributed by atoms with van der Waals surface area (Å²) in [6, 6.07) is 5.27. The van der Waals surface area contributed by atoms with Gasteiger partial charge in [-0.25, -0.2) is 8.42 Å². The van der Waals surface area contributed by atoms with Crippen LogP contribution in [-0.4, -0.2) is 46.5 Å². The fourth-order valence-electron chi connectivity index (χ4n) is 2.83. The van der Waals surface area contributed by atoms with Crippen LogP contribution in [0.2, 0.25) is 0 Å². The van der Waals surface area contributed by atoms with Gasteiger partial charge in [0.05, 0.1) is 7.11 Å². The number of nitrogens with one attached hydrogen (secondary N) is 1. The van der Waals surface area contributed by atoms with Crippen molar-refractivity contribution in [2.24, 2.45) is 5.92 Å². The molecule has 1 N–H and O–H groups in total. The van der Waals surface area contributed by atoms with Crippen molar-refractivity contribution in [2.45, 2.75) is 24.7 Å². The van der Waals surface area contributed by atoms with Crippen molar-refractivity contribution in [2.75, 3.05) is 33.8 Å². The smallest absolute Gasteiger partial charge is 0.246 e. The van der Waals surface area contributed by atoms with Crippen molar-refractivity contribution in [3.8, 4) is 5.75 Å². The second kappa shape index (κ2) is 6.77. The molecule has 118 valence electrons. The van der Waals surface area contributed by atoms with Crippen LogP contribution in [0.25, 0.3) is 0 Å². The van der Waals surface area contributed by atoms with Gasteiger partial charge >= 0.3 is 0 Å². The molecule has 2 rings (SSSR count). The highest BCUT2D eigenvalue weighted by Crippen LogP contribution is 2.30. The topological polar surface area (TPSA) is 58.6 Å². The average molecular weight is 312 g/mol. The van der Waals surface area contributed by atoms with E-state index in [1.807, 2.05) is 20.0 Å². The highest BCUT2D eigenvalue weighted by atomic mass is 32.2. The van der Waals surface area contributed by atoms with E-state index in [9.17, 15) is 8.42 Å². The molecule has 1 heterocycles. The molecule has 1 aromatic rings. The van der Waals surface area contributed by atoms with Gasteiger partial charge in [-0.2, -0.15) is 4.31 Å². The molecule has 0 radical (unpaired) electrons. The zero-order chi connectivity index (χ0) is 15.5. The largest absolute Gasteiger partial charge is 0.495 e. The Kier molecular flexibility index (Phi) is 5.24. The number of rotatable bonds is 5. The monoisotopic (exact) mass is 312 g/mol. The maximum absolute atomic E-state index is 12.9. The molecule has 1 fully saturated rings. The standard InChI is InChI=1S/C15H24N2O3S/c1-12-6-7-14(20-3)15(9-12)21(18,19)17-8-4-5-13(11-17)10-16-2/h6-7,9,13,16H,4-5,8,10-11H2,1-3H3/t13-/m1/s1. The Morgan fingerprint density at radius 2 is 2.19 bits per heavy atom. The molecule has 1 aromatic carbocycles. The lowest BCUT2D eigenvalue weighted by molar-refractivity contribution is 0.262. The fourth-order valence-corrected chi connectivity index (χ4v) is 4.62. The van der Waals surface area contributed by atoms with Gasteiger partial charge in [-0.3, -0.25) is 0 Å². The molecule has 0 spiro atoms. The predicted octanol–water partition coefficient (Wildman–Crippen LogP) is 1.62. The van der Waals surface area contributed by atoms with E-state index >= 15 is 0 Å². The molecular weight excluding hydrogens is 288 g/mol. The lowest BCUT2D eigenvalue weighted by Gasteiger charge is -2.32. The summed E-state index contributed by atoms with van der Waals surface area (Å²) in [6.45, 7) is 3.88. The minimum atomic E-state index is -3.50. The van der Waals surface area contributed by atoms with Gasteiger partial charge in [0.15, 0.2) is 0 Å². The maximum Gasteiger partial charge on any atom is 0.246 e. The Bertz CT molecular complexity index is 585. The summed E-state index contributed by atoms with van der Waals surface area (Å²) >= 11 is 0. The van der Waals surface area contributed by atoms with Crippen LogP contribution < -0.4 is 10.1 Å². The molecule has 1 aliphatic rings. The highest BCUT2D eigenvalue weighted by molar-refractivity contribution is 7.89. The third-order valence-electron chi connectivity index (χ3n) is 3.91. The number of benzene rings is 1. The molecule has 5 nitrogen and oxygen atoms in total. The van der Waals surface area contributed by atoms with Crippen molar-refractivity contribution in [3.05, 3.63) is 23.8 Å². The van der Waals surface area contributed by atoms with E-state index in [-0.39, 0.29) is 4.90 Å². The quantitative estimate of drug-likeness (QED) is 0.898. The molecule has 1 atom stereocenters. The maximum atomic E-state index is 12.9. The Balaban J connectivity index is 2.31. The van der Waals surface area contributed by atoms with E-state index in [2.05, 4.69) is 5.32 Å². The van der Waals surface area contributed by atoms with Crippen molar-refractivity contribution in [1.29, 1.82) is 0 Å². The summed E-state index contributed by atoms with van der Waals surface area (Å²) < 4.78 is 32.6. The summed E-state index contributed by atoms with van der Waals surface area (Å²) in [7, 11) is -0.0945. The van der Waals surface area contributed by atoms with Crippen molar-refractivity contribution >= 4 is 10.0 Å². The summed E-state index contributed by atoms with van der Waals surface area (Å²) in [4.78, 5) is 0.273. The third kappa shape index (κ3) is 3.56. The number of piperidine rings is 1. The first-order valence-electron chi connectivity index (χ1n) is 7.28. The van der Waals surface area contributed by atoms with E-state index in [4.69, 9.17) is 4.74 Å². The van der Waals surface area contributed by atoms with Crippen LogP contribution in [0.15, 0.2) is 23.1 Å². The van der Waals surface area contributed by atoms with Crippen LogP contribution in [0, 0.1) is 12.8 Å². The Hall–Kier alpha value is -1.11. The van der Waals surface area contributed by atoms with Crippen molar-refractivity contribution < 1.29 is 13.2 Å². The van der Waals surface area contributed by atoms with E-state index in [0.717, 1.165) is 24.9 Å². The Labute approximate surface area is 127 Å². The fraction of sp³-hybridized carbons (Fsp3) is 0.600. The first-order valence-corrected chi connectivity index (χ1v) is 8.72. The number of hydrogen-bond acceptors (Lipinski definition) is 4. The zero-order valence-electron chi connectivity index (χ0n) is 12.9. The van der Waals surface area contributed by atoms with Crippen LogP contribution >= 0.6 is 0 Å². The number of methoxy groups -OCH3 is 1. The van der Waals surface area contributed by atoms with E-state index in [0.29, 0.717) is 24.8 Å². The summed E-state index contributed by atoms with van der Waals surface area (Å²) in [5, 5.41) is 3.13. The normalized spacial score (nSPS) is 20.4. The summed E-state index contributed by atoms with van der Waals surface area (Å²) in [5.41, 5.74) is 0.915. The molecule has 0 bridgehead atoms. The van der Waals surface area contributed by atoms with E-state index in [1.165, 1.54) is 7.11 Å². The molecule has 0 aromatic heterocycles. The van der Waals surface area contributed by atoms with Gasteiger partial charge in [-0.1, -0.05) is 6.07 Å². The molecular formula is C15H24N2O3S. The molecule has 0 saturated carbocycles. The zero-order valence-corrected chi connectivity index (χ0v) is 13.7. The van der Waals surface area contributed by atoms with Crippen LogP contribution in [0.3, 0.4) is 0 Å². The van der Waals surface area contributed by atoms with Gasteiger partial charge in [-0.15, -0.1) is 0 Å². The number of aryl methyl sites for hydroxylation is 1. The van der Waals surface area contributed by atoms with E-state index in [1.54, 1.807) is 16.4 Å². The van der Waals surface area contributed by atoms with Crippen molar-refractivity contribution in [1.82, 2.24) is 9.62 Å². The second-order valence-corrected chi connectivity index (χ2v) is 7.49. The molecule has 1 saturated heterocycles.